The fourth-order valence-electron chi connectivity index (χ4n) is 1.33. The molecule has 2 rings (SSSR count). The third-order valence-corrected chi connectivity index (χ3v) is 1.91. The van der Waals surface area contributed by atoms with Gasteiger partial charge in [-0.15, -0.1) is 0 Å². The maximum absolute atomic E-state index is 8.79. The lowest BCUT2D eigenvalue weighted by Gasteiger charge is -2.02. The maximum atomic E-state index is 8.79. The number of hydrogen-bond acceptors (Lipinski definition) is 3. The third kappa shape index (κ3) is 1.04. The van der Waals surface area contributed by atoms with Crippen LogP contribution < -0.4 is 4.74 Å². The molecule has 1 aromatic carbocycles. The van der Waals surface area contributed by atoms with Gasteiger partial charge in [-0.05, 0) is 18.2 Å². The quantitative estimate of drug-likeness (QED) is 0.664. The topological polar surface area (TPSA) is 46.2 Å². The minimum atomic E-state index is 0.524. The Morgan fingerprint density at radius 3 is 2.92 bits per heavy atom. The summed E-state index contributed by atoms with van der Waals surface area (Å²) in [4.78, 5) is 0. The van der Waals surface area contributed by atoms with E-state index in [0.29, 0.717) is 11.3 Å². The third-order valence-electron chi connectivity index (χ3n) is 1.91. The number of hydrogen-bond donors (Lipinski definition) is 0. The summed E-state index contributed by atoms with van der Waals surface area (Å²) in [5.41, 5.74) is 1.26. The SMILES string of the molecule is COc1c(C#N)ccc2occc12. The maximum Gasteiger partial charge on any atom is 0.147 e. The van der Waals surface area contributed by atoms with Gasteiger partial charge in [-0.25, -0.2) is 0 Å². The normalized spacial score (nSPS) is 9.85. The lowest BCUT2D eigenvalue weighted by molar-refractivity contribution is 0.418. The summed E-state index contributed by atoms with van der Waals surface area (Å²) >= 11 is 0. The van der Waals surface area contributed by atoms with Gasteiger partial charge in [0.1, 0.15) is 17.4 Å². The molecule has 0 aliphatic heterocycles. The van der Waals surface area contributed by atoms with Crippen LogP contribution in [-0.4, -0.2) is 7.11 Å². The fourth-order valence-corrected chi connectivity index (χ4v) is 1.33. The van der Waals surface area contributed by atoms with E-state index < -0.39 is 0 Å². The van der Waals surface area contributed by atoms with E-state index in [2.05, 4.69) is 6.07 Å². The van der Waals surface area contributed by atoms with Crippen LogP contribution in [0.4, 0.5) is 0 Å². The van der Waals surface area contributed by atoms with Crippen molar-refractivity contribution < 1.29 is 9.15 Å². The highest BCUT2D eigenvalue weighted by atomic mass is 16.5. The van der Waals surface area contributed by atoms with E-state index in [-0.39, 0.29) is 0 Å². The summed E-state index contributed by atoms with van der Waals surface area (Å²) in [5, 5.41) is 9.62. The molecular formula is C10H7NO2. The molecule has 0 N–H and O–H groups in total. The van der Waals surface area contributed by atoms with Crippen molar-refractivity contribution >= 4 is 11.0 Å². The molecule has 1 heterocycles. The lowest BCUT2D eigenvalue weighted by atomic mass is 10.1. The molecule has 0 atom stereocenters. The summed E-state index contributed by atoms with van der Waals surface area (Å²) in [7, 11) is 1.54. The van der Waals surface area contributed by atoms with Gasteiger partial charge in [0.2, 0.25) is 0 Å². The van der Waals surface area contributed by atoms with Gasteiger partial charge in [0, 0.05) is 0 Å². The van der Waals surface area contributed by atoms with Crippen molar-refractivity contribution in [1.29, 1.82) is 5.26 Å². The zero-order valence-electron chi connectivity index (χ0n) is 7.07. The number of rotatable bonds is 1. The van der Waals surface area contributed by atoms with Gasteiger partial charge in [-0.2, -0.15) is 5.26 Å². The van der Waals surface area contributed by atoms with Crippen molar-refractivity contribution in [1.82, 2.24) is 0 Å². The minimum Gasteiger partial charge on any atom is -0.495 e. The average Bonchev–Trinajstić information content (AvgIpc) is 2.63. The molecule has 0 unspecified atom stereocenters. The molecule has 0 fully saturated rings. The molecule has 2 aromatic rings. The van der Waals surface area contributed by atoms with Crippen molar-refractivity contribution in [2.75, 3.05) is 7.11 Å². The van der Waals surface area contributed by atoms with Crippen LogP contribution in [0.5, 0.6) is 5.75 Å². The van der Waals surface area contributed by atoms with Gasteiger partial charge in [-0.1, -0.05) is 0 Å². The second-order valence-corrected chi connectivity index (χ2v) is 2.59. The van der Waals surface area contributed by atoms with Crippen molar-refractivity contribution in [2.24, 2.45) is 0 Å². The molecule has 0 amide bonds. The molecular weight excluding hydrogens is 166 g/mol. The molecule has 0 aliphatic rings. The van der Waals surface area contributed by atoms with Crippen LogP contribution in [-0.2, 0) is 0 Å². The first-order chi connectivity index (χ1) is 6.36. The Morgan fingerprint density at radius 1 is 1.38 bits per heavy atom. The van der Waals surface area contributed by atoms with E-state index in [0.717, 1.165) is 11.0 Å². The molecule has 64 valence electrons. The first-order valence-electron chi connectivity index (χ1n) is 3.81. The number of methoxy groups -OCH3 is 1. The molecule has 0 spiro atoms. The van der Waals surface area contributed by atoms with Crippen molar-refractivity contribution in [2.45, 2.75) is 0 Å². The molecule has 0 radical (unpaired) electrons. The van der Waals surface area contributed by atoms with Crippen LogP contribution in [0.2, 0.25) is 0 Å². The Morgan fingerprint density at radius 2 is 2.23 bits per heavy atom. The van der Waals surface area contributed by atoms with E-state index >= 15 is 0 Å². The van der Waals surface area contributed by atoms with E-state index in [1.54, 1.807) is 31.6 Å². The Labute approximate surface area is 75.1 Å². The Hall–Kier alpha value is -1.95. The molecule has 13 heavy (non-hydrogen) atoms. The number of furan rings is 1. The highest BCUT2D eigenvalue weighted by Gasteiger charge is 2.08. The number of fused-ring (bicyclic) bond motifs is 1. The molecule has 0 aliphatic carbocycles. The van der Waals surface area contributed by atoms with Crippen LogP contribution in [0.25, 0.3) is 11.0 Å². The van der Waals surface area contributed by atoms with Crippen LogP contribution in [0.15, 0.2) is 28.9 Å². The van der Waals surface area contributed by atoms with Crippen LogP contribution in [0, 0.1) is 11.3 Å². The van der Waals surface area contributed by atoms with Gasteiger partial charge in [0.05, 0.1) is 24.3 Å². The Bertz CT molecular complexity index is 479. The van der Waals surface area contributed by atoms with Crippen LogP contribution in [0.1, 0.15) is 5.56 Å². The minimum absolute atomic E-state index is 0.524. The first-order valence-corrected chi connectivity index (χ1v) is 3.81. The smallest absolute Gasteiger partial charge is 0.147 e. The molecule has 3 heteroatoms. The summed E-state index contributed by atoms with van der Waals surface area (Å²) in [5.74, 6) is 0.578. The largest absolute Gasteiger partial charge is 0.495 e. The molecule has 0 saturated heterocycles. The predicted octanol–water partition coefficient (Wildman–Crippen LogP) is 2.31. The Kier molecular flexibility index (Phi) is 1.67. The van der Waals surface area contributed by atoms with Gasteiger partial charge in [0.25, 0.3) is 0 Å². The molecule has 0 bridgehead atoms. The van der Waals surface area contributed by atoms with Gasteiger partial charge in [0.15, 0.2) is 0 Å². The van der Waals surface area contributed by atoms with E-state index in [9.17, 15) is 0 Å². The van der Waals surface area contributed by atoms with E-state index in [1.165, 1.54) is 0 Å². The van der Waals surface area contributed by atoms with Crippen molar-refractivity contribution in [3.05, 3.63) is 30.0 Å². The second-order valence-electron chi connectivity index (χ2n) is 2.59. The number of nitriles is 1. The van der Waals surface area contributed by atoms with E-state index in [4.69, 9.17) is 14.4 Å². The summed E-state index contributed by atoms with van der Waals surface area (Å²) < 4.78 is 10.3. The summed E-state index contributed by atoms with van der Waals surface area (Å²) in [6.07, 6.45) is 1.58. The van der Waals surface area contributed by atoms with Crippen molar-refractivity contribution in [3.8, 4) is 11.8 Å². The fraction of sp³-hybridized carbons (Fsp3) is 0.100. The van der Waals surface area contributed by atoms with Crippen LogP contribution >= 0.6 is 0 Å². The van der Waals surface area contributed by atoms with Crippen molar-refractivity contribution in [3.63, 3.8) is 0 Å². The molecule has 1 aromatic heterocycles. The zero-order valence-corrected chi connectivity index (χ0v) is 7.07. The second kappa shape index (κ2) is 2.83. The lowest BCUT2D eigenvalue weighted by Crippen LogP contribution is -1.87. The summed E-state index contributed by atoms with van der Waals surface area (Å²) in [6.45, 7) is 0. The number of benzene rings is 1. The van der Waals surface area contributed by atoms with Gasteiger partial charge < -0.3 is 9.15 Å². The Balaban J connectivity index is 2.84. The molecule has 3 nitrogen and oxygen atoms in total. The average molecular weight is 173 g/mol. The summed E-state index contributed by atoms with van der Waals surface area (Å²) in [6, 6.07) is 7.29. The van der Waals surface area contributed by atoms with Gasteiger partial charge in [-0.3, -0.25) is 0 Å². The molecule has 0 saturated carbocycles. The highest BCUT2D eigenvalue weighted by Crippen LogP contribution is 2.29. The zero-order chi connectivity index (χ0) is 9.26. The number of ether oxygens (including phenoxy) is 1. The predicted molar refractivity (Wildman–Crippen MR) is 47.5 cm³/mol. The highest BCUT2D eigenvalue weighted by molar-refractivity contribution is 5.86. The monoisotopic (exact) mass is 173 g/mol. The number of nitrogens with zero attached hydrogens (tertiary/aromatic N) is 1. The van der Waals surface area contributed by atoms with Crippen LogP contribution in [0.3, 0.4) is 0 Å². The van der Waals surface area contributed by atoms with Gasteiger partial charge >= 0.3 is 0 Å². The first kappa shape index (κ1) is 7.69. The standard InChI is InChI=1S/C10H7NO2/c1-12-10-7(6-11)2-3-9-8(10)4-5-13-9/h2-5H,1H3. The van der Waals surface area contributed by atoms with E-state index in [1.807, 2.05) is 0 Å².